The molecule has 1 aliphatic rings. The average Bonchev–Trinajstić information content (AvgIpc) is 3.13. The number of sulfonamides is 1. The van der Waals surface area contributed by atoms with Crippen LogP contribution in [0.15, 0.2) is 53.4 Å². The SMILES string of the molecule is NC(=O)c1sc2ccccc2c1C1CN(S(=O)(=O)c2cccc(OC(F)(F)F)c2)CCO1. The Bertz CT molecular complexity index is 1270. The van der Waals surface area contributed by atoms with Crippen molar-refractivity contribution >= 4 is 37.4 Å². The largest absolute Gasteiger partial charge is 0.573 e. The summed E-state index contributed by atoms with van der Waals surface area (Å²) in [6, 6.07) is 11.4. The van der Waals surface area contributed by atoms with Gasteiger partial charge in [0.15, 0.2) is 0 Å². The summed E-state index contributed by atoms with van der Waals surface area (Å²) in [6.07, 6.45) is -5.72. The lowest BCUT2D eigenvalue weighted by atomic mass is 10.0. The Morgan fingerprint density at radius 3 is 2.66 bits per heavy atom. The molecule has 1 unspecified atom stereocenters. The smallest absolute Gasteiger partial charge is 0.406 e. The number of carbonyl (C=O) groups is 1. The standard InChI is InChI=1S/C20H17F3N2O5S2/c21-20(22,23)30-12-4-3-5-13(10-12)32(27,28)25-8-9-29-15(11-25)17-14-6-1-2-7-16(14)31-18(17)19(24)26/h1-7,10,15H,8-9,11H2,(H2,24,26). The van der Waals surface area contributed by atoms with E-state index in [1.165, 1.54) is 23.5 Å². The summed E-state index contributed by atoms with van der Waals surface area (Å²) in [5.41, 5.74) is 6.05. The molecule has 3 aromatic rings. The maximum absolute atomic E-state index is 13.1. The summed E-state index contributed by atoms with van der Waals surface area (Å²) >= 11 is 1.19. The van der Waals surface area contributed by atoms with Gasteiger partial charge in [0.2, 0.25) is 10.0 Å². The number of halogens is 3. The molecule has 2 aromatic carbocycles. The van der Waals surface area contributed by atoms with Gasteiger partial charge in [-0.25, -0.2) is 8.42 Å². The number of hydrogen-bond acceptors (Lipinski definition) is 6. The van der Waals surface area contributed by atoms with E-state index in [1.54, 1.807) is 12.1 Å². The van der Waals surface area contributed by atoms with Crippen LogP contribution in [0.4, 0.5) is 13.2 Å². The Balaban J connectivity index is 1.67. The number of nitrogens with zero attached hydrogens (tertiary/aromatic N) is 1. The van der Waals surface area contributed by atoms with Crippen LogP contribution in [0.2, 0.25) is 0 Å². The molecule has 0 aliphatic carbocycles. The van der Waals surface area contributed by atoms with Gasteiger partial charge in [0, 0.05) is 29.4 Å². The lowest BCUT2D eigenvalue weighted by Gasteiger charge is -2.32. The van der Waals surface area contributed by atoms with Crippen LogP contribution in [0.25, 0.3) is 10.1 Å². The first-order valence-corrected chi connectivity index (χ1v) is 11.6. The number of benzene rings is 2. The summed E-state index contributed by atoms with van der Waals surface area (Å²) in [5.74, 6) is -1.29. The Hall–Kier alpha value is -2.67. The topological polar surface area (TPSA) is 98.9 Å². The zero-order valence-corrected chi connectivity index (χ0v) is 18.0. The molecule has 0 saturated carbocycles. The second-order valence-electron chi connectivity index (χ2n) is 6.95. The van der Waals surface area contributed by atoms with Crippen molar-refractivity contribution in [3.05, 3.63) is 59.0 Å². The number of carbonyl (C=O) groups excluding carboxylic acids is 1. The van der Waals surface area contributed by atoms with Crippen molar-refractivity contribution in [1.82, 2.24) is 4.31 Å². The molecule has 12 heteroatoms. The van der Waals surface area contributed by atoms with Gasteiger partial charge in [-0.1, -0.05) is 24.3 Å². The third kappa shape index (κ3) is 4.44. The maximum atomic E-state index is 13.1. The van der Waals surface area contributed by atoms with Gasteiger partial charge >= 0.3 is 6.36 Å². The highest BCUT2D eigenvalue weighted by Gasteiger charge is 2.36. The monoisotopic (exact) mass is 486 g/mol. The highest BCUT2D eigenvalue weighted by atomic mass is 32.2. The zero-order chi connectivity index (χ0) is 23.1. The number of ether oxygens (including phenoxy) is 2. The van der Waals surface area contributed by atoms with Crippen LogP contribution >= 0.6 is 11.3 Å². The molecule has 0 spiro atoms. The molecule has 2 heterocycles. The van der Waals surface area contributed by atoms with E-state index < -0.39 is 34.1 Å². The summed E-state index contributed by atoms with van der Waals surface area (Å²) in [4.78, 5) is 12.0. The molecule has 4 rings (SSSR count). The van der Waals surface area contributed by atoms with Crippen molar-refractivity contribution in [1.29, 1.82) is 0 Å². The molecule has 1 saturated heterocycles. The van der Waals surface area contributed by atoms with Gasteiger partial charge in [-0.15, -0.1) is 24.5 Å². The minimum absolute atomic E-state index is 0.00281. The van der Waals surface area contributed by atoms with Crippen molar-refractivity contribution in [2.24, 2.45) is 5.73 Å². The Labute approximate surface area is 185 Å². The van der Waals surface area contributed by atoms with E-state index in [0.717, 1.165) is 26.5 Å². The van der Waals surface area contributed by atoms with E-state index in [4.69, 9.17) is 10.5 Å². The second-order valence-corrected chi connectivity index (χ2v) is 9.94. The molecule has 0 bridgehead atoms. The molecule has 1 fully saturated rings. The van der Waals surface area contributed by atoms with E-state index in [1.807, 2.05) is 12.1 Å². The molecule has 0 radical (unpaired) electrons. The minimum atomic E-state index is -4.95. The molecule has 1 amide bonds. The average molecular weight is 486 g/mol. The molecule has 1 aromatic heterocycles. The predicted octanol–water partition coefficient (Wildman–Crippen LogP) is 3.66. The van der Waals surface area contributed by atoms with Crippen LogP contribution in [0.1, 0.15) is 21.3 Å². The summed E-state index contributed by atoms with van der Waals surface area (Å²) in [6.45, 7) is -0.101. The first kappa shape index (κ1) is 22.5. The van der Waals surface area contributed by atoms with Gasteiger partial charge in [-0.05, 0) is 23.6 Å². The first-order valence-electron chi connectivity index (χ1n) is 9.35. The number of thiophene rings is 1. The van der Waals surface area contributed by atoms with E-state index >= 15 is 0 Å². The molecule has 1 aliphatic heterocycles. The van der Waals surface area contributed by atoms with E-state index in [2.05, 4.69) is 4.74 Å². The molecule has 1 atom stereocenters. The van der Waals surface area contributed by atoms with E-state index in [9.17, 15) is 26.4 Å². The fraction of sp³-hybridized carbons (Fsp3) is 0.250. The third-order valence-corrected chi connectivity index (χ3v) is 7.95. The van der Waals surface area contributed by atoms with Crippen molar-refractivity contribution in [2.75, 3.05) is 19.7 Å². The quantitative estimate of drug-likeness (QED) is 0.594. The van der Waals surface area contributed by atoms with Crippen LogP contribution < -0.4 is 10.5 Å². The van der Waals surface area contributed by atoms with Crippen molar-refractivity contribution < 1.29 is 35.9 Å². The number of fused-ring (bicyclic) bond motifs is 1. The first-order chi connectivity index (χ1) is 15.1. The number of hydrogen-bond donors (Lipinski definition) is 1. The fourth-order valence-corrected chi connectivity index (χ4v) is 6.13. The van der Waals surface area contributed by atoms with Gasteiger partial charge in [-0.2, -0.15) is 4.31 Å². The number of alkyl halides is 3. The number of nitrogens with two attached hydrogens (primary N) is 1. The lowest BCUT2D eigenvalue weighted by Crippen LogP contribution is -2.42. The van der Waals surface area contributed by atoms with Gasteiger partial charge in [0.05, 0.1) is 22.5 Å². The third-order valence-electron chi connectivity index (χ3n) is 4.89. The summed E-state index contributed by atoms with van der Waals surface area (Å²) in [5, 5.41) is 0.733. The Morgan fingerprint density at radius 2 is 1.94 bits per heavy atom. The molecule has 7 nitrogen and oxygen atoms in total. The number of rotatable bonds is 5. The molecular weight excluding hydrogens is 469 g/mol. The van der Waals surface area contributed by atoms with Crippen LogP contribution in [0, 0.1) is 0 Å². The van der Waals surface area contributed by atoms with E-state index in [0.29, 0.717) is 5.56 Å². The molecular formula is C20H17F3N2O5S2. The van der Waals surface area contributed by atoms with Crippen LogP contribution in [-0.2, 0) is 14.8 Å². The fourth-order valence-electron chi connectivity index (χ4n) is 3.57. The molecule has 170 valence electrons. The Kier molecular flexibility index (Phi) is 5.88. The van der Waals surface area contributed by atoms with Gasteiger partial charge in [-0.3, -0.25) is 4.79 Å². The van der Waals surface area contributed by atoms with Gasteiger partial charge in [0.25, 0.3) is 5.91 Å². The minimum Gasteiger partial charge on any atom is -0.406 e. The zero-order valence-electron chi connectivity index (χ0n) is 16.3. The van der Waals surface area contributed by atoms with Crippen LogP contribution in [0.3, 0.4) is 0 Å². The van der Waals surface area contributed by atoms with Gasteiger partial charge in [0.1, 0.15) is 5.75 Å². The molecule has 2 N–H and O–H groups in total. The number of primary amides is 1. The predicted molar refractivity (Wildman–Crippen MR) is 111 cm³/mol. The highest BCUT2D eigenvalue weighted by molar-refractivity contribution is 7.89. The lowest BCUT2D eigenvalue weighted by molar-refractivity contribution is -0.274. The van der Waals surface area contributed by atoms with Crippen LogP contribution in [-0.4, -0.2) is 44.7 Å². The normalized spacial score (nSPS) is 18.0. The molecule has 32 heavy (non-hydrogen) atoms. The highest BCUT2D eigenvalue weighted by Crippen LogP contribution is 2.39. The Morgan fingerprint density at radius 1 is 1.19 bits per heavy atom. The second kappa shape index (κ2) is 8.35. The number of morpholine rings is 1. The van der Waals surface area contributed by atoms with Crippen molar-refractivity contribution in [3.8, 4) is 5.75 Å². The summed E-state index contributed by atoms with van der Waals surface area (Å²) < 4.78 is 75.4. The summed E-state index contributed by atoms with van der Waals surface area (Å²) in [7, 11) is -4.16. The van der Waals surface area contributed by atoms with E-state index in [-0.39, 0.29) is 29.5 Å². The van der Waals surface area contributed by atoms with Crippen LogP contribution in [0.5, 0.6) is 5.75 Å². The number of amides is 1. The van der Waals surface area contributed by atoms with Crippen molar-refractivity contribution in [3.63, 3.8) is 0 Å². The maximum Gasteiger partial charge on any atom is 0.573 e. The van der Waals surface area contributed by atoms with Gasteiger partial charge < -0.3 is 15.2 Å². The van der Waals surface area contributed by atoms with Crippen molar-refractivity contribution in [2.45, 2.75) is 17.4 Å².